The molecule has 0 radical (unpaired) electrons. The van der Waals surface area contributed by atoms with E-state index < -0.39 is 0 Å². The number of benzene rings is 1. The number of aromatic nitrogens is 2. The monoisotopic (exact) mass is 319 g/mol. The number of nitrogens with zero attached hydrogens (tertiary/aromatic N) is 2. The van der Waals surface area contributed by atoms with Crippen molar-refractivity contribution >= 4 is 27.8 Å². The first-order chi connectivity index (χ1) is 8.95. The van der Waals surface area contributed by atoms with Gasteiger partial charge in [0.2, 0.25) is 5.95 Å². The lowest BCUT2D eigenvalue weighted by Gasteiger charge is -2.07. The predicted octanol–water partition coefficient (Wildman–Crippen LogP) is 3.42. The summed E-state index contributed by atoms with van der Waals surface area (Å²) in [6, 6.07) is 7.42. The Labute approximate surface area is 120 Å². The van der Waals surface area contributed by atoms with Crippen molar-refractivity contribution in [2.45, 2.75) is 20.8 Å². The van der Waals surface area contributed by atoms with Crippen LogP contribution in [-0.4, -0.2) is 15.9 Å². The first kappa shape index (κ1) is 13.7. The molecular weight excluding hydrogens is 306 g/mol. The second kappa shape index (κ2) is 5.48. The Balaban J connectivity index is 2.25. The molecule has 0 bridgehead atoms. The second-order valence-electron chi connectivity index (χ2n) is 4.41. The van der Waals surface area contributed by atoms with Gasteiger partial charge in [-0.1, -0.05) is 6.07 Å². The van der Waals surface area contributed by atoms with Gasteiger partial charge in [0.15, 0.2) is 0 Å². The van der Waals surface area contributed by atoms with Crippen LogP contribution >= 0.6 is 15.9 Å². The van der Waals surface area contributed by atoms with Gasteiger partial charge in [-0.05, 0) is 60.5 Å². The van der Waals surface area contributed by atoms with Crippen molar-refractivity contribution in [1.82, 2.24) is 9.97 Å². The van der Waals surface area contributed by atoms with Crippen LogP contribution in [0, 0.1) is 20.8 Å². The maximum atomic E-state index is 12.1. The zero-order chi connectivity index (χ0) is 14.0. The molecule has 0 aliphatic carbocycles. The predicted molar refractivity (Wildman–Crippen MR) is 78.3 cm³/mol. The highest BCUT2D eigenvalue weighted by atomic mass is 79.9. The van der Waals surface area contributed by atoms with Gasteiger partial charge in [0.05, 0.1) is 5.56 Å². The zero-order valence-corrected chi connectivity index (χ0v) is 12.6. The van der Waals surface area contributed by atoms with Crippen molar-refractivity contribution in [3.8, 4) is 0 Å². The maximum Gasteiger partial charge on any atom is 0.259 e. The minimum atomic E-state index is -0.225. The zero-order valence-electron chi connectivity index (χ0n) is 11.0. The number of carbonyl (C=O) groups excluding carboxylic acids is 1. The quantitative estimate of drug-likeness (QED) is 0.922. The molecule has 1 amide bonds. The van der Waals surface area contributed by atoms with E-state index >= 15 is 0 Å². The Morgan fingerprint density at radius 1 is 1.11 bits per heavy atom. The molecule has 0 aliphatic rings. The number of anilines is 1. The second-order valence-corrected chi connectivity index (χ2v) is 5.27. The van der Waals surface area contributed by atoms with E-state index in [0.29, 0.717) is 11.5 Å². The van der Waals surface area contributed by atoms with Gasteiger partial charge in [0, 0.05) is 15.9 Å². The summed E-state index contributed by atoms with van der Waals surface area (Å²) < 4.78 is 0.759. The fraction of sp³-hybridized carbons (Fsp3) is 0.214. The van der Waals surface area contributed by atoms with E-state index in [1.165, 1.54) is 0 Å². The average molecular weight is 320 g/mol. The van der Waals surface area contributed by atoms with Crippen LogP contribution < -0.4 is 5.32 Å². The van der Waals surface area contributed by atoms with Crippen LogP contribution in [-0.2, 0) is 0 Å². The van der Waals surface area contributed by atoms with Crippen molar-refractivity contribution < 1.29 is 4.79 Å². The van der Waals surface area contributed by atoms with E-state index in [2.05, 4.69) is 31.2 Å². The Morgan fingerprint density at radius 3 is 2.32 bits per heavy atom. The van der Waals surface area contributed by atoms with E-state index in [-0.39, 0.29) is 5.91 Å². The number of aryl methyl sites for hydroxylation is 3. The molecular formula is C14H14BrN3O. The molecule has 1 N–H and O–H groups in total. The third-order valence-electron chi connectivity index (χ3n) is 2.58. The van der Waals surface area contributed by atoms with E-state index in [0.717, 1.165) is 21.4 Å². The third kappa shape index (κ3) is 3.38. The van der Waals surface area contributed by atoms with E-state index in [1.807, 2.05) is 39.0 Å². The molecule has 1 aromatic carbocycles. The number of hydrogen-bond donors (Lipinski definition) is 1. The molecule has 0 saturated carbocycles. The number of nitrogens with one attached hydrogen (secondary N) is 1. The van der Waals surface area contributed by atoms with Crippen molar-refractivity contribution in [3.05, 3.63) is 51.3 Å². The lowest BCUT2D eigenvalue weighted by Crippen LogP contribution is -2.15. The third-order valence-corrected chi connectivity index (χ3v) is 3.23. The van der Waals surface area contributed by atoms with Crippen LogP contribution in [0.15, 0.2) is 28.7 Å². The summed E-state index contributed by atoms with van der Waals surface area (Å²) in [6.45, 7) is 5.71. The van der Waals surface area contributed by atoms with Crippen LogP contribution in [0.1, 0.15) is 27.3 Å². The van der Waals surface area contributed by atoms with E-state index in [1.54, 1.807) is 6.07 Å². The Kier molecular flexibility index (Phi) is 3.95. The number of halogens is 1. The first-order valence-electron chi connectivity index (χ1n) is 5.85. The summed E-state index contributed by atoms with van der Waals surface area (Å²) in [6.07, 6.45) is 0. The molecule has 1 heterocycles. The largest absolute Gasteiger partial charge is 0.290 e. The number of amides is 1. The average Bonchev–Trinajstić information content (AvgIpc) is 2.26. The molecule has 0 spiro atoms. The maximum absolute atomic E-state index is 12.1. The smallest absolute Gasteiger partial charge is 0.259 e. The molecule has 0 aliphatic heterocycles. The number of hydrogen-bond acceptors (Lipinski definition) is 3. The van der Waals surface area contributed by atoms with Crippen LogP contribution in [0.5, 0.6) is 0 Å². The SMILES string of the molecule is Cc1ccc(C(=O)Nc2nc(C)cc(C)n2)c(Br)c1. The van der Waals surface area contributed by atoms with Crippen molar-refractivity contribution in [1.29, 1.82) is 0 Å². The van der Waals surface area contributed by atoms with E-state index in [9.17, 15) is 4.79 Å². The minimum Gasteiger partial charge on any atom is -0.290 e. The van der Waals surface area contributed by atoms with Crippen LogP contribution in [0.25, 0.3) is 0 Å². The lowest BCUT2D eigenvalue weighted by atomic mass is 10.1. The topological polar surface area (TPSA) is 54.9 Å². The summed E-state index contributed by atoms with van der Waals surface area (Å²) in [5, 5.41) is 2.71. The van der Waals surface area contributed by atoms with Gasteiger partial charge in [-0.25, -0.2) is 9.97 Å². The van der Waals surface area contributed by atoms with Crippen LogP contribution in [0.2, 0.25) is 0 Å². The highest BCUT2D eigenvalue weighted by Gasteiger charge is 2.11. The summed E-state index contributed by atoms with van der Waals surface area (Å²) in [5.74, 6) is 0.104. The molecule has 0 fully saturated rings. The summed E-state index contributed by atoms with van der Waals surface area (Å²) in [5.41, 5.74) is 3.30. The number of rotatable bonds is 2. The molecule has 5 heteroatoms. The summed E-state index contributed by atoms with van der Waals surface area (Å²) in [4.78, 5) is 20.5. The molecule has 0 unspecified atom stereocenters. The molecule has 0 saturated heterocycles. The lowest BCUT2D eigenvalue weighted by molar-refractivity contribution is 0.102. The molecule has 19 heavy (non-hydrogen) atoms. The minimum absolute atomic E-state index is 0.225. The van der Waals surface area contributed by atoms with Crippen molar-refractivity contribution in [2.75, 3.05) is 5.32 Å². The summed E-state index contributed by atoms with van der Waals surface area (Å²) in [7, 11) is 0. The highest BCUT2D eigenvalue weighted by molar-refractivity contribution is 9.10. The highest BCUT2D eigenvalue weighted by Crippen LogP contribution is 2.19. The molecule has 0 atom stereocenters. The standard InChI is InChI=1S/C14H14BrN3O/c1-8-4-5-11(12(15)6-8)13(19)18-14-16-9(2)7-10(3)17-14/h4-7H,1-3H3,(H,16,17,18,19). The van der Waals surface area contributed by atoms with Crippen molar-refractivity contribution in [3.63, 3.8) is 0 Å². The Morgan fingerprint density at radius 2 is 1.74 bits per heavy atom. The Hall–Kier alpha value is -1.75. The van der Waals surface area contributed by atoms with Gasteiger partial charge >= 0.3 is 0 Å². The van der Waals surface area contributed by atoms with Gasteiger partial charge < -0.3 is 0 Å². The van der Waals surface area contributed by atoms with Gasteiger partial charge in [-0.2, -0.15) is 0 Å². The van der Waals surface area contributed by atoms with Crippen LogP contribution in [0.3, 0.4) is 0 Å². The number of carbonyl (C=O) groups is 1. The summed E-state index contributed by atoms with van der Waals surface area (Å²) >= 11 is 3.39. The molecule has 2 rings (SSSR count). The fourth-order valence-electron chi connectivity index (χ4n) is 1.76. The molecule has 98 valence electrons. The molecule has 2 aromatic rings. The van der Waals surface area contributed by atoms with E-state index in [4.69, 9.17) is 0 Å². The molecule has 1 aromatic heterocycles. The van der Waals surface area contributed by atoms with Gasteiger partial charge in [0.25, 0.3) is 5.91 Å². The van der Waals surface area contributed by atoms with Crippen molar-refractivity contribution in [2.24, 2.45) is 0 Å². The van der Waals surface area contributed by atoms with Gasteiger partial charge in [-0.3, -0.25) is 10.1 Å². The van der Waals surface area contributed by atoms with Gasteiger partial charge in [0.1, 0.15) is 0 Å². The van der Waals surface area contributed by atoms with Gasteiger partial charge in [-0.15, -0.1) is 0 Å². The molecule has 4 nitrogen and oxygen atoms in total. The normalized spacial score (nSPS) is 10.3. The van der Waals surface area contributed by atoms with Crippen LogP contribution in [0.4, 0.5) is 5.95 Å². The fourth-order valence-corrected chi connectivity index (χ4v) is 2.43. The first-order valence-corrected chi connectivity index (χ1v) is 6.65. The Bertz CT molecular complexity index is 620.